The largest absolute Gasteiger partial charge is 0.484 e. The fraction of sp³-hybridized carbons (Fsp3) is 0.238. The van der Waals surface area contributed by atoms with Crippen LogP contribution >= 0.6 is 0 Å². The Morgan fingerprint density at radius 3 is 2.31 bits per heavy atom. The van der Waals surface area contributed by atoms with Crippen molar-refractivity contribution in [3.63, 3.8) is 0 Å². The molecule has 0 spiro atoms. The Morgan fingerprint density at radius 1 is 1.03 bits per heavy atom. The quantitative estimate of drug-likeness (QED) is 0.697. The molecule has 0 bridgehead atoms. The van der Waals surface area contributed by atoms with Crippen LogP contribution in [0.4, 0.5) is 5.82 Å². The number of ether oxygens (including phenoxy) is 1. The van der Waals surface area contributed by atoms with Crippen LogP contribution < -0.4 is 10.1 Å². The van der Waals surface area contributed by atoms with E-state index in [2.05, 4.69) is 10.4 Å². The van der Waals surface area contributed by atoms with Gasteiger partial charge in [0, 0.05) is 5.56 Å². The van der Waals surface area contributed by atoms with Gasteiger partial charge in [0.15, 0.2) is 16.4 Å². The molecule has 1 aliphatic heterocycles. The van der Waals surface area contributed by atoms with Gasteiger partial charge in [-0.2, -0.15) is 5.10 Å². The van der Waals surface area contributed by atoms with E-state index in [1.165, 1.54) is 0 Å². The number of nitrogens with zero attached hydrogens (tertiary/aromatic N) is 2. The van der Waals surface area contributed by atoms with Crippen LogP contribution in [0.1, 0.15) is 22.4 Å². The predicted molar refractivity (Wildman–Crippen MR) is 110 cm³/mol. The van der Waals surface area contributed by atoms with Crippen LogP contribution in [-0.4, -0.2) is 30.7 Å². The number of rotatable bonds is 5. The maximum Gasteiger partial charge on any atom is 0.263 e. The summed E-state index contributed by atoms with van der Waals surface area (Å²) in [4.78, 5) is 12.5. The molecule has 0 unspecified atom stereocenters. The van der Waals surface area contributed by atoms with E-state index in [1.807, 2.05) is 50.2 Å². The van der Waals surface area contributed by atoms with Gasteiger partial charge in [-0.15, -0.1) is 0 Å². The highest BCUT2D eigenvalue weighted by molar-refractivity contribution is 7.90. The number of sulfone groups is 1. The number of benzene rings is 2. The molecule has 4 rings (SSSR count). The van der Waals surface area contributed by atoms with Crippen LogP contribution in [0, 0.1) is 13.8 Å². The number of hydrogen-bond acceptors (Lipinski definition) is 5. The molecule has 8 heteroatoms. The number of carbonyl (C=O) groups excluding carboxylic acids is 1. The summed E-state index contributed by atoms with van der Waals surface area (Å²) in [6, 6.07) is 15.0. The summed E-state index contributed by atoms with van der Waals surface area (Å²) in [6.45, 7) is 3.76. The smallest absolute Gasteiger partial charge is 0.263 e. The van der Waals surface area contributed by atoms with Gasteiger partial charge in [0.1, 0.15) is 11.6 Å². The summed E-state index contributed by atoms with van der Waals surface area (Å²) < 4.78 is 31.2. The highest BCUT2D eigenvalue weighted by atomic mass is 32.2. The number of anilines is 1. The third-order valence-corrected chi connectivity index (χ3v) is 6.16. The molecule has 1 amide bonds. The van der Waals surface area contributed by atoms with Gasteiger partial charge in [0.25, 0.3) is 5.91 Å². The molecule has 0 saturated carbocycles. The molecule has 7 nitrogen and oxygen atoms in total. The van der Waals surface area contributed by atoms with Gasteiger partial charge in [-0.25, -0.2) is 13.1 Å². The second-order valence-corrected chi connectivity index (χ2v) is 9.27. The molecule has 29 heavy (non-hydrogen) atoms. The Kier molecular flexibility index (Phi) is 4.87. The minimum absolute atomic E-state index is 0.121. The monoisotopic (exact) mass is 411 g/mol. The first kappa shape index (κ1) is 19.2. The van der Waals surface area contributed by atoms with Gasteiger partial charge < -0.3 is 10.1 Å². The van der Waals surface area contributed by atoms with Crippen molar-refractivity contribution in [2.45, 2.75) is 25.4 Å². The number of hydrogen-bond donors (Lipinski definition) is 1. The standard InChI is InChI=1S/C21H21N3O4S/c1-14-3-7-16(8-4-14)24-21(18-12-29(26,27)13-19(18)23-24)22-20(25)11-28-17-9-5-15(2)6-10-17/h3-10H,11-13H2,1-2H3,(H,22,25). The average Bonchev–Trinajstić information content (AvgIpc) is 3.14. The van der Waals surface area contributed by atoms with Crippen LogP contribution in [-0.2, 0) is 26.1 Å². The van der Waals surface area contributed by atoms with E-state index in [1.54, 1.807) is 16.8 Å². The summed E-state index contributed by atoms with van der Waals surface area (Å²) >= 11 is 0. The van der Waals surface area contributed by atoms with E-state index >= 15 is 0 Å². The van der Waals surface area contributed by atoms with E-state index in [0.717, 1.165) is 16.8 Å². The summed E-state index contributed by atoms with van der Waals surface area (Å²) in [7, 11) is -3.24. The van der Waals surface area contributed by atoms with Crippen molar-refractivity contribution in [2.75, 3.05) is 11.9 Å². The van der Waals surface area contributed by atoms with Crippen LogP contribution in [0.3, 0.4) is 0 Å². The fourth-order valence-electron chi connectivity index (χ4n) is 3.20. The first-order valence-electron chi connectivity index (χ1n) is 9.18. The van der Waals surface area contributed by atoms with Crippen molar-refractivity contribution in [3.8, 4) is 11.4 Å². The molecule has 0 radical (unpaired) electrons. The first-order chi connectivity index (χ1) is 13.8. The minimum Gasteiger partial charge on any atom is -0.484 e. The van der Waals surface area contributed by atoms with E-state index in [4.69, 9.17) is 4.74 Å². The molecular weight excluding hydrogens is 390 g/mol. The lowest BCUT2D eigenvalue weighted by Crippen LogP contribution is -2.22. The molecular formula is C21H21N3O4S. The minimum atomic E-state index is -3.24. The molecule has 0 aliphatic carbocycles. The Hall–Kier alpha value is -3.13. The van der Waals surface area contributed by atoms with E-state index < -0.39 is 9.84 Å². The third kappa shape index (κ3) is 4.17. The molecule has 2 heterocycles. The Labute approximate surface area is 169 Å². The Morgan fingerprint density at radius 2 is 1.66 bits per heavy atom. The van der Waals surface area contributed by atoms with E-state index in [0.29, 0.717) is 22.8 Å². The summed E-state index contributed by atoms with van der Waals surface area (Å²) in [6.07, 6.45) is 0. The molecule has 2 aromatic carbocycles. The fourth-order valence-corrected chi connectivity index (χ4v) is 4.69. The van der Waals surface area contributed by atoms with Crippen LogP contribution in [0.5, 0.6) is 5.75 Å². The van der Waals surface area contributed by atoms with Gasteiger partial charge in [0.05, 0.1) is 22.9 Å². The SMILES string of the molecule is Cc1ccc(OCC(=O)Nc2c3c(nn2-c2ccc(C)cc2)CS(=O)(=O)C3)cc1. The van der Waals surface area contributed by atoms with Crippen molar-refractivity contribution < 1.29 is 17.9 Å². The second-order valence-electron chi connectivity index (χ2n) is 7.20. The molecule has 0 atom stereocenters. The van der Waals surface area contributed by atoms with Gasteiger partial charge in [0.2, 0.25) is 0 Å². The van der Waals surface area contributed by atoms with Crippen molar-refractivity contribution >= 4 is 21.6 Å². The molecule has 0 fully saturated rings. The van der Waals surface area contributed by atoms with E-state index in [9.17, 15) is 13.2 Å². The Bertz CT molecular complexity index is 1160. The van der Waals surface area contributed by atoms with E-state index in [-0.39, 0.29) is 24.0 Å². The van der Waals surface area contributed by atoms with Crippen molar-refractivity contribution in [1.82, 2.24) is 9.78 Å². The Balaban J connectivity index is 1.59. The lowest BCUT2D eigenvalue weighted by atomic mass is 10.2. The van der Waals surface area contributed by atoms with Gasteiger partial charge in [-0.1, -0.05) is 35.4 Å². The number of carbonyl (C=O) groups is 1. The van der Waals surface area contributed by atoms with Gasteiger partial charge in [-0.05, 0) is 38.1 Å². The van der Waals surface area contributed by atoms with Crippen molar-refractivity contribution in [1.29, 1.82) is 0 Å². The summed E-state index contributed by atoms with van der Waals surface area (Å²) in [5.41, 5.74) is 3.94. The topological polar surface area (TPSA) is 90.3 Å². The molecule has 1 aromatic heterocycles. The van der Waals surface area contributed by atoms with Gasteiger partial charge in [-0.3, -0.25) is 4.79 Å². The number of aromatic nitrogens is 2. The molecule has 0 saturated heterocycles. The van der Waals surface area contributed by atoms with Crippen LogP contribution in [0.25, 0.3) is 5.69 Å². The normalized spacial score (nSPS) is 14.4. The highest BCUT2D eigenvalue weighted by Gasteiger charge is 2.33. The zero-order chi connectivity index (χ0) is 20.6. The first-order valence-corrected chi connectivity index (χ1v) is 11.0. The van der Waals surface area contributed by atoms with Crippen LogP contribution in [0.2, 0.25) is 0 Å². The third-order valence-electron chi connectivity index (χ3n) is 4.71. The van der Waals surface area contributed by atoms with Crippen LogP contribution in [0.15, 0.2) is 48.5 Å². The number of aryl methyl sites for hydroxylation is 2. The molecule has 150 valence electrons. The highest BCUT2D eigenvalue weighted by Crippen LogP contribution is 2.33. The second kappa shape index (κ2) is 7.36. The predicted octanol–water partition coefficient (Wildman–Crippen LogP) is 2.94. The molecule has 1 aliphatic rings. The number of fused-ring (bicyclic) bond motifs is 1. The maximum atomic E-state index is 12.5. The van der Waals surface area contributed by atoms with Crippen molar-refractivity contribution in [3.05, 3.63) is 70.9 Å². The number of nitrogens with one attached hydrogen (secondary N) is 1. The maximum absolute atomic E-state index is 12.5. The average molecular weight is 411 g/mol. The molecule has 3 aromatic rings. The lowest BCUT2D eigenvalue weighted by Gasteiger charge is -2.12. The van der Waals surface area contributed by atoms with Crippen molar-refractivity contribution in [2.24, 2.45) is 0 Å². The summed E-state index contributed by atoms with van der Waals surface area (Å²) in [5, 5.41) is 7.24. The lowest BCUT2D eigenvalue weighted by molar-refractivity contribution is -0.118. The number of amides is 1. The van der Waals surface area contributed by atoms with Gasteiger partial charge >= 0.3 is 0 Å². The zero-order valence-electron chi connectivity index (χ0n) is 16.2. The zero-order valence-corrected chi connectivity index (χ0v) is 17.0. The molecule has 1 N–H and O–H groups in total. The summed E-state index contributed by atoms with van der Waals surface area (Å²) in [5.74, 6) is 0.325.